The minimum atomic E-state index is -1.58. The standard InChI is InChI=1S/C64H111NO10/c1-3-5-7-9-11-13-15-16-29-32-36-40-44-48-52-60(69)73-53-49-45-41-37-33-30-27-25-23-21-19-17-18-20-22-24-26-28-31-35-39-43-47-51-59(68)65-56(55-74-64-63(72)62(71)61(70)58(54-66)75-64)57(67)50-46-42-38-34-14-12-10-8-6-4-2/h6,8-9,11,14-17,19-20,22,34,46,50,56-58,61-64,66-67,70-72H,3-5,7,10,12-13,18,21,23-33,35-45,47-49,51-55H2,1-2H3,(H,65,68)/b8-6+,11-9-,16-15-,19-17-,22-20-,34-14+,50-46+. The van der Waals surface area contributed by atoms with Crippen LogP contribution in [0.15, 0.2) is 85.1 Å². The smallest absolute Gasteiger partial charge is 0.305 e. The van der Waals surface area contributed by atoms with Gasteiger partial charge in [-0.25, -0.2) is 0 Å². The molecule has 1 amide bonds. The predicted molar refractivity (Wildman–Crippen MR) is 310 cm³/mol. The topological polar surface area (TPSA) is 175 Å². The minimum absolute atomic E-state index is 0.0215. The number of carbonyl (C=O) groups excluding carboxylic acids is 2. The summed E-state index contributed by atoms with van der Waals surface area (Å²) in [4.78, 5) is 25.0. The van der Waals surface area contributed by atoms with E-state index in [1.807, 2.05) is 6.08 Å². The molecule has 11 nitrogen and oxygen atoms in total. The number of ether oxygens (including phenoxy) is 3. The van der Waals surface area contributed by atoms with Gasteiger partial charge in [-0.1, -0.05) is 208 Å². The van der Waals surface area contributed by atoms with E-state index in [9.17, 15) is 35.1 Å². The maximum Gasteiger partial charge on any atom is 0.305 e. The number of aliphatic hydroxyl groups excluding tert-OH is 5. The zero-order valence-electron chi connectivity index (χ0n) is 47.5. The van der Waals surface area contributed by atoms with Gasteiger partial charge in [-0.2, -0.15) is 0 Å². The monoisotopic (exact) mass is 1050 g/mol. The van der Waals surface area contributed by atoms with Gasteiger partial charge in [0.05, 0.1) is 32.0 Å². The van der Waals surface area contributed by atoms with E-state index in [0.717, 1.165) is 109 Å². The van der Waals surface area contributed by atoms with Crippen LogP contribution in [0.2, 0.25) is 0 Å². The number of hydrogen-bond acceptors (Lipinski definition) is 10. The molecule has 1 aliphatic heterocycles. The highest BCUT2D eigenvalue weighted by atomic mass is 16.7. The van der Waals surface area contributed by atoms with Gasteiger partial charge >= 0.3 is 5.97 Å². The van der Waals surface area contributed by atoms with Gasteiger partial charge in [-0.05, 0) is 109 Å². The second kappa shape index (κ2) is 52.9. The van der Waals surface area contributed by atoms with Crippen molar-refractivity contribution in [2.45, 2.75) is 288 Å². The third-order valence-corrected chi connectivity index (χ3v) is 13.7. The Morgan fingerprint density at radius 1 is 0.507 bits per heavy atom. The van der Waals surface area contributed by atoms with Crippen LogP contribution in [0.1, 0.15) is 245 Å². The van der Waals surface area contributed by atoms with E-state index in [2.05, 4.69) is 92.1 Å². The van der Waals surface area contributed by atoms with Crippen LogP contribution < -0.4 is 5.32 Å². The molecule has 0 aromatic carbocycles. The van der Waals surface area contributed by atoms with Crippen molar-refractivity contribution < 1.29 is 49.3 Å². The van der Waals surface area contributed by atoms with Crippen molar-refractivity contribution in [3.05, 3.63) is 85.1 Å². The molecule has 0 bridgehead atoms. The average molecular weight is 1050 g/mol. The molecule has 0 spiro atoms. The SMILES string of the molecule is CC/C=C/CC/C=C/CC/C=C/C(O)C(COC1OC(CO)C(O)C(O)C1O)NC(=O)CCCCCCCCC/C=C\C/C=C\CCCCCCCCCCCOC(=O)CCCCCCC/C=C\C/C=C\CCCC. The number of aliphatic hydroxyl groups is 5. The van der Waals surface area contributed by atoms with E-state index >= 15 is 0 Å². The van der Waals surface area contributed by atoms with Crippen molar-refractivity contribution >= 4 is 11.9 Å². The van der Waals surface area contributed by atoms with Crippen LogP contribution >= 0.6 is 0 Å². The molecular weight excluding hydrogens is 943 g/mol. The van der Waals surface area contributed by atoms with Crippen molar-refractivity contribution in [2.75, 3.05) is 19.8 Å². The highest BCUT2D eigenvalue weighted by Gasteiger charge is 2.44. The number of hydrogen-bond donors (Lipinski definition) is 6. The summed E-state index contributed by atoms with van der Waals surface area (Å²) in [6.07, 6.45) is 61.3. The van der Waals surface area contributed by atoms with Crippen LogP contribution in [0.25, 0.3) is 0 Å². The van der Waals surface area contributed by atoms with E-state index in [0.29, 0.717) is 25.9 Å². The van der Waals surface area contributed by atoms with Gasteiger partial charge in [-0.3, -0.25) is 9.59 Å². The van der Waals surface area contributed by atoms with Crippen LogP contribution in [0.5, 0.6) is 0 Å². The zero-order chi connectivity index (χ0) is 54.5. The van der Waals surface area contributed by atoms with Crippen LogP contribution in [-0.4, -0.2) is 100 Å². The maximum atomic E-state index is 13.0. The van der Waals surface area contributed by atoms with Crippen molar-refractivity contribution in [2.24, 2.45) is 0 Å². The molecule has 0 saturated carbocycles. The Morgan fingerprint density at radius 2 is 0.947 bits per heavy atom. The fraction of sp³-hybridized carbons (Fsp3) is 0.750. The summed E-state index contributed by atoms with van der Waals surface area (Å²) in [6, 6.07) is -0.843. The Bertz CT molecular complexity index is 1520. The van der Waals surface area contributed by atoms with E-state index in [4.69, 9.17) is 14.2 Å². The maximum absolute atomic E-state index is 13.0. The van der Waals surface area contributed by atoms with Gasteiger partial charge in [0.1, 0.15) is 24.4 Å². The Morgan fingerprint density at radius 3 is 1.45 bits per heavy atom. The molecule has 1 saturated heterocycles. The summed E-state index contributed by atoms with van der Waals surface area (Å²) in [5.74, 6) is -0.233. The molecule has 75 heavy (non-hydrogen) atoms. The van der Waals surface area contributed by atoms with Gasteiger partial charge in [0.2, 0.25) is 5.91 Å². The van der Waals surface area contributed by atoms with E-state index < -0.39 is 49.5 Å². The molecule has 0 aliphatic carbocycles. The first-order chi connectivity index (χ1) is 36.7. The van der Waals surface area contributed by atoms with Gasteiger partial charge in [0.25, 0.3) is 0 Å². The lowest BCUT2D eigenvalue weighted by atomic mass is 9.99. The molecule has 1 aliphatic rings. The molecule has 6 N–H and O–H groups in total. The number of carbonyl (C=O) groups is 2. The molecule has 1 heterocycles. The Hall–Kier alpha value is -3.16. The summed E-state index contributed by atoms with van der Waals surface area (Å²) in [5, 5.41) is 54.2. The third-order valence-electron chi connectivity index (χ3n) is 13.7. The molecule has 11 heteroatoms. The quantitative estimate of drug-likeness (QED) is 0.0195. The van der Waals surface area contributed by atoms with E-state index in [1.54, 1.807) is 6.08 Å². The number of allylic oxidation sites excluding steroid dienone is 13. The van der Waals surface area contributed by atoms with Crippen molar-refractivity contribution in [3.8, 4) is 0 Å². The van der Waals surface area contributed by atoms with Gasteiger partial charge < -0.3 is 45.1 Å². The number of unbranched alkanes of at least 4 members (excludes halogenated alkanes) is 25. The Labute approximate surface area is 457 Å². The summed E-state index contributed by atoms with van der Waals surface area (Å²) < 4.78 is 16.6. The van der Waals surface area contributed by atoms with E-state index in [-0.39, 0.29) is 18.5 Å². The average Bonchev–Trinajstić information content (AvgIpc) is 3.41. The van der Waals surface area contributed by atoms with Crippen LogP contribution in [0.3, 0.4) is 0 Å². The van der Waals surface area contributed by atoms with Crippen molar-refractivity contribution in [3.63, 3.8) is 0 Å². The molecule has 432 valence electrons. The van der Waals surface area contributed by atoms with Crippen LogP contribution in [0.4, 0.5) is 0 Å². The van der Waals surface area contributed by atoms with Gasteiger partial charge in [0.15, 0.2) is 6.29 Å². The van der Waals surface area contributed by atoms with Gasteiger partial charge in [-0.15, -0.1) is 0 Å². The number of amides is 1. The molecule has 1 fully saturated rings. The second-order valence-corrected chi connectivity index (χ2v) is 20.6. The van der Waals surface area contributed by atoms with Crippen LogP contribution in [0, 0.1) is 0 Å². The lowest BCUT2D eigenvalue weighted by Crippen LogP contribution is -2.60. The predicted octanol–water partition coefficient (Wildman–Crippen LogP) is 14.2. The van der Waals surface area contributed by atoms with Crippen molar-refractivity contribution in [1.82, 2.24) is 5.32 Å². The van der Waals surface area contributed by atoms with E-state index in [1.165, 1.54) is 103 Å². The normalized spacial score (nSPS) is 19.4. The molecule has 1 rings (SSSR count). The first kappa shape index (κ1) is 69.9. The number of rotatable bonds is 51. The summed E-state index contributed by atoms with van der Waals surface area (Å²) >= 11 is 0. The zero-order valence-corrected chi connectivity index (χ0v) is 47.5. The lowest BCUT2D eigenvalue weighted by Gasteiger charge is -2.40. The highest BCUT2D eigenvalue weighted by molar-refractivity contribution is 5.76. The fourth-order valence-electron chi connectivity index (χ4n) is 8.87. The number of nitrogens with one attached hydrogen (secondary N) is 1. The third kappa shape index (κ3) is 42.5. The molecule has 0 radical (unpaired) electrons. The highest BCUT2D eigenvalue weighted by Crippen LogP contribution is 2.23. The molecule has 7 atom stereocenters. The molecule has 7 unspecified atom stereocenters. The summed E-state index contributed by atoms with van der Waals surface area (Å²) in [5.41, 5.74) is 0. The Kier molecular flexibility index (Phi) is 49.2. The van der Waals surface area contributed by atoms with Crippen molar-refractivity contribution in [1.29, 1.82) is 0 Å². The largest absolute Gasteiger partial charge is 0.466 e. The lowest BCUT2D eigenvalue weighted by molar-refractivity contribution is -0.302. The van der Waals surface area contributed by atoms with Crippen LogP contribution in [-0.2, 0) is 23.8 Å². The molecule has 0 aromatic heterocycles. The summed E-state index contributed by atoms with van der Waals surface area (Å²) in [6.45, 7) is 4.12. The Balaban J connectivity index is 2.05. The van der Waals surface area contributed by atoms with Gasteiger partial charge in [0, 0.05) is 12.8 Å². The number of esters is 1. The minimum Gasteiger partial charge on any atom is -0.466 e. The summed E-state index contributed by atoms with van der Waals surface area (Å²) in [7, 11) is 0. The molecular formula is C64H111NO10. The molecule has 0 aromatic rings. The second-order valence-electron chi connectivity index (χ2n) is 20.6. The fourth-order valence-corrected chi connectivity index (χ4v) is 8.87. The first-order valence-electron chi connectivity index (χ1n) is 30.4. The first-order valence-corrected chi connectivity index (χ1v) is 30.4.